The second-order valence-corrected chi connectivity index (χ2v) is 5.02. The molecule has 0 aromatic carbocycles. The van der Waals surface area contributed by atoms with Crippen molar-refractivity contribution in [1.29, 1.82) is 0 Å². The Morgan fingerprint density at radius 3 is 2.57 bits per heavy atom. The molecule has 0 atom stereocenters. The zero-order valence-electron chi connectivity index (χ0n) is 12.9. The van der Waals surface area contributed by atoms with Crippen molar-refractivity contribution in [1.82, 2.24) is 15.3 Å². The molecule has 2 N–H and O–H groups in total. The van der Waals surface area contributed by atoms with Gasteiger partial charge in [0, 0.05) is 19.5 Å². The molecule has 21 heavy (non-hydrogen) atoms. The van der Waals surface area contributed by atoms with Gasteiger partial charge < -0.3 is 15.3 Å². The fraction of sp³-hybridized carbons (Fsp3) is 0.571. The highest BCUT2D eigenvalue weighted by Gasteiger charge is 2.21. The molecular formula is C14H22N4O3. The first-order chi connectivity index (χ1) is 9.90. The summed E-state index contributed by atoms with van der Waals surface area (Å²) in [5.74, 6) is -0.789. The number of nitrogens with zero attached hydrogens (tertiary/aromatic N) is 3. The zero-order valence-corrected chi connectivity index (χ0v) is 12.9. The molecule has 116 valence electrons. The number of nitrogens with one attached hydrogen (secondary N) is 1. The number of carbonyl (C=O) groups excluding carboxylic acids is 1. The third-order valence-corrected chi connectivity index (χ3v) is 2.95. The summed E-state index contributed by atoms with van der Waals surface area (Å²) in [6, 6.07) is 0. The summed E-state index contributed by atoms with van der Waals surface area (Å²) in [4.78, 5) is 33.0. The van der Waals surface area contributed by atoms with Crippen molar-refractivity contribution in [2.75, 3.05) is 25.0 Å². The maximum atomic E-state index is 11.6. The second kappa shape index (κ2) is 7.56. The van der Waals surface area contributed by atoms with Gasteiger partial charge in [-0.2, -0.15) is 0 Å². The van der Waals surface area contributed by atoms with Crippen LogP contribution in [0.4, 0.5) is 5.69 Å². The van der Waals surface area contributed by atoms with E-state index in [1.807, 2.05) is 20.8 Å². The summed E-state index contributed by atoms with van der Waals surface area (Å²) in [6.45, 7) is 6.39. The molecule has 0 aliphatic heterocycles. The molecule has 1 amide bonds. The van der Waals surface area contributed by atoms with Crippen molar-refractivity contribution in [2.24, 2.45) is 0 Å². The van der Waals surface area contributed by atoms with Crippen LogP contribution in [0.15, 0.2) is 6.20 Å². The number of carboxylic acids is 1. The maximum absolute atomic E-state index is 11.6. The molecule has 0 unspecified atom stereocenters. The monoisotopic (exact) mass is 294 g/mol. The number of likely N-dealkylation sites (N-methyl/N-ethyl adjacent to an activating group) is 1. The van der Waals surface area contributed by atoms with E-state index in [1.54, 1.807) is 11.9 Å². The quantitative estimate of drug-likeness (QED) is 0.786. The van der Waals surface area contributed by atoms with Gasteiger partial charge in [0.1, 0.15) is 5.82 Å². The highest BCUT2D eigenvalue weighted by Crippen LogP contribution is 2.20. The molecule has 1 aromatic rings. The molecule has 0 bridgehead atoms. The minimum atomic E-state index is -1.12. The summed E-state index contributed by atoms with van der Waals surface area (Å²) >= 11 is 0. The first-order valence-corrected chi connectivity index (χ1v) is 6.96. The van der Waals surface area contributed by atoms with Crippen LogP contribution in [-0.2, 0) is 4.79 Å². The van der Waals surface area contributed by atoms with E-state index in [0.717, 1.165) is 6.42 Å². The molecule has 7 nitrogen and oxygen atoms in total. The summed E-state index contributed by atoms with van der Waals surface area (Å²) in [6.07, 6.45) is 2.27. The molecule has 0 radical (unpaired) electrons. The van der Waals surface area contributed by atoms with Crippen molar-refractivity contribution < 1.29 is 14.7 Å². The van der Waals surface area contributed by atoms with Crippen LogP contribution >= 0.6 is 0 Å². The lowest BCUT2D eigenvalue weighted by atomic mass is 10.2. The van der Waals surface area contributed by atoms with Crippen LogP contribution in [0.3, 0.4) is 0 Å². The number of rotatable bonds is 7. The van der Waals surface area contributed by atoms with E-state index >= 15 is 0 Å². The Balaban J connectivity index is 3.22. The average molecular weight is 294 g/mol. The Hall–Kier alpha value is -2.18. The van der Waals surface area contributed by atoms with E-state index in [0.29, 0.717) is 18.1 Å². The van der Waals surface area contributed by atoms with Crippen LogP contribution < -0.4 is 10.2 Å². The minimum absolute atomic E-state index is 0.0377. The number of hydrogen-bond donors (Lipinski definition) is 2. The molecule has 1 rings (SSSR count). The number of carboxylic acid groups (broad SMARTS) is 1. The van der Waals surface area contributed by atoms with E-state index < -0.39 is 5.97 Å². The van der Waals surface area contributed by atoms with Crippen LogP contribution in [0.1, 0.15) is 49.4 Å². The van der Waals surface area contributed by atoms with Crippen molar-refractivity contribution >= 4 is 17.6 Å². The highest BCUT2D eigenvalue weighted by atomic mass is 16.4. The predicted molar refractivity (Wildman–Crippen MR) is 79.7 cm³/mol. The van der Waals surface area contributed by atoms with E-state index in [9.17, 15) is 14.7 Å². The maximum Gasteiger partial charge on any atom is 0.356 e. The molecule has 1 heterocycles. The highest BCUT2D eigenvalue weighted by molar-refractivity contribution is 5.93. The Morgan fingerprint density at radius 1 is 1.43 bits per heavy atom. The molecule has 0 saturated heterocycles. The van der Waals surface area contributed by atoms with Gasteiger partial charge in [0.15, 0.2) is 5.69 Å². The molecule has 0 aliphatic carbocycles. The van der Waals surface area contributed by atoms with E-state index in [1.165, 1.54) is 6.20 Å². The Morgan fingerprint density at radius 2 is 2.10 bits per heavy atom. The largest absolute Gasteiger partial charge is 0.476 e. The van der Waals surface area contributed by atoms with Gasteiger partial charge in [0.05, 0.1) is 18.4 Å². The van der Waals surface area contributed by atoms with E-state index in [2.05, 4.69) is 15.3 Å². The molecular weight excluding hydrogens is 272 g/mol. The standard InChI is InChI=1S/C14H22N4O3/c1-5-6-18(8-11(19)15-4)10-7-16-13(9(2)3)17-12(10)14(20)21/h7,9H,5-6,8H2,1-4H3,(H,15,19)(H,20,21). The third kappa shape index (κ3) is 4.40. The van der Waals surface area contributed by atoms with Gasteiger partial charge in [-0.25, -0.2) is 14.8 Å². The number of hydrogen-bond acceptors (Lipinski definition) is 5. The summed E-state index contributed by atoms with van der Waals surface area (Å²) < 4.78 is 0. The van der Waals surface area contributed by atoms with Gasteiger partial charge in [-0.15, -0.1) is 0 Å². The Bertz CT molecular complexity index is 517. The van der Waals surface area contributed by atoms with Crippen LogP contribution in [0.5, 0.6) is 0 Å². The molecule has 0 fully saturated rings. The third-order valence-electron chi connectivity index (χ3n) is 2.95. The lowest BCUT2D eigenvalue weighted by molar-refractivity contribution is -0.119. The molecule has 0 saturated carbocycles. The molecule has 0 aliphatic rings. The van der Waals surface area contributed by atoms with Crippen LogP contribution in [0.25, 0.3) is 0 Å². The number of amides is 1. The molecule has 1 aromatic heterocycles. The van der Waals surface area contributed by atoms with Crippen molar-refractivity contribution in [3.8, 4) is 0 Å². The average Bonchev–Trinajstić information content (AvgIpc) is 2.45. The van der Waals surface area contributed by atoms with E-state index in [4.69, 9.17) is 0 Å². The van der Waals surface area contributed by atoms with Gasteiger partial charge in [-0.1, -0.05) is 20.8 Å². The van der Waals surface area contributed by atoms with Gasteiger partial charge >= 0.3 is 5.97 Å². The van der Waals surface area contributed by atoms with Gasteiger partial charge in [-0.3, -0.25) is 4.79 Å². The lowest BCUT2D eigenvalue weighted by Crippen LogP contribution is -2.37. The van der Waals surface area contributed by atoms with Crippen molar-refractivity contribution in [3.05, 3.63) is 17.7 Å². The smallest absolute Gasteiger partial charge is 0.356 e. The van der Waals surface area contributed by atoms with Crippen molar-refractivity contribution in [3.63, 3.8) is 0 Å². The van der Waals surface area contributed by atoms with E-state index in [-0.39, 0.29) is 24.1 Å². The predicted octanol–water partition coefficient (Wildman–Crippen LogP) is 1.26. The fourth-order valence-electron chi connectivity index (χ4n) is 1.86. The van der Waals surface area contributed by atoms with Crippen LogP contribution in [0, 0.1) is 0 Å². The normalized spacial score (nSPS) is 10.5. The number of aromatic nitrogens is 2. The Kier molecular flexibility index (Phi) is 6.08. The Labute approximate surface area is 124 Å². The minimum Gasteiger partial charge on any atom is -0.476 e. The summed E-state index contributed by atoms with van der Waals surface area (Å²) in [5, 5.41) is 11.9. The number of carbonyl (C=O) groups is 2. The zero-order chi connectivity index (χ0) is 16.0. The van der Waals surface area contributed by atoms with Crippen LogP contribution in [-0.4, -0.2) is 47.1 Å². The number of aromatic carboxylic acids is 1. The SMILES string of the molecule is CCCN(CC(=O)NC)c1cnc(C(C)C)nc1C(=O)O. The summed E-state index contributed by atoms with van der Waals surface area (Å²) in [5.41, 5.74) is 0.309. The lowest BCUT2D eigenvalue weighted by Gasteiger charge is -2.24. The first kappa shape index (κ1) is 16.9. The molecule has 7 heteroatoms. The van der Waals surface area contributed by atoms with Gasteiger partial charge in [0.25, 0.3) is 0 Å². The number of anilines is 1. The first-order valence-electron chi connectivity index (χ1n) is 6.96. The van der Waals surface area contributed by atoms with Gasteiger partial charge in [0.2, 0.25) is 5.91 Å². The second-order valence-electron chi connectivity index (χ2n) is 5.02. The van der Waals surface area contributed by atoms with Crippen molar-refractivity contribution in [2.45, 2.75) is 33.1 Å². The topological polar surface area (TPSA) is 95.4 Å². The fourth-order valence-corrected chi connectivity index (χ4v) is 1.86. The summed E-state index contributed by atoms with van der Waals surface area (Å²) in [7, 11) is 1.54. The van der Waals surface area contributed by atoms with Crippen LogP contribution in [0.2, 0.25) is 0 Å². The van der Waals surface area contributed by atoms with Gasteiger partial charge in [-0.05, 0) is 6.42 Å². The molecule has 0 spiro atoms.